The Morgan fingerprint density at radius 1 is 1.33 bits per heavy atom. The molecule has 3 heterocycles. The van der Waals surface area contributed by atoms with Gasteiger partial charge in [-0.15, -0.1) is 24.2 Å². The molecule has 2 aliphatic rings. The number of nitrogens with one attached hydrogen (secondary N) is 4. The molecule has 4 N–H and O–H groups in total. The Bertz CT molecular complexity index is 807. The van der Waals surface area contributed by atoms with E-state index >= 15 is 0 Å². The van der Waals surface area contributed by atoms with Crippen molar-refractivity contribution in [1.29, 1.82) is 0 Å². The Balaban J connectivity index is 0.00000169. The van der Waals surface area contributed by atoms with Crippen LogP contribution in [0.25, 0.3) is 0 Å². The molecule has 0 unspecified atom stereocenters. The van der Waals surface area contributed by atoms with E-state index in [0.717, 1.165) is 34.8 Å². The predicted molar refractivity (Wildman–Crippen MR) is 95.0 cm³/mol. The van der Waals surface area contributed by atoms with Gasteiger partial charge in [-0.3, -0.25) is 14.7 Å². The minimum atomic E-state index is -0.249. The van der Waals surface area contributed by atoms with Crippen molar-refractivity contribution in [2.75, 3.05) is 22.9 Å². The highest BCUT2D eigenvalue weighted by Gasteiger charge is 2.22. The summed E-state index contributed by atoms with van der Waals surface area (Å²) in [6, 6.07) is 5.50. The van der Waals surface area contributed by atoms with Gasteiger partial charge in [0.25, 0.3) is 5.91 Å². The summed E-state index contributed by atoms with van der Waals surface area (Å²) in [6.07, 6.45) is 0.845. The zero-order valence-corrected chi connectivity index (χ0v) is 14.3. The second-order valence-electron chi connectivity index (χ2n) is 5.46. The minimum Gasteiger partial charge on any atom is -0.324 e. The van der Waals surface area contributed by atoms with Crippen LogP contribution in [0.2, 0.25) is 0 Å². The first-order valence-corrected chi connectivity index (χ1v) is 8.34. The Hall–Kier alpha value is -2.03. The molecule has 0 fully saturated rings. The number of fused-ring (bicyclic) bond motifs is 2. The number of carbonyl (C=O) groups excluding carboxylic acids is 2. The maximum absolute atomic E-state index is 12.5. The molecule has 0 aliphatic carbocycles. The van der Waals surface area contributed by atoms with Gasteiger partial charge in [-0.25, -0.2) is 0 Å². The Morgan fingerprint density at radius 3 is 3.08 bits per heavy atom. The standard InChI is InChI=1S/C15H15N5O2S.ClH/c21-13-7-23-12-2-1-8(5-11(12)18-13)17-15(22)14-9-6-16-4-3-10(9)19-20-14;/h1-2,5,16H,3-4,6-7H2,(H,17,22)(H,18,21)(H,19,20);1H. The lowest BCUT2D eigenvalue weighted by Gasteiger charge is -2.17. The van der Waals surface area contributed by atoms with Gasteiger partial charge in [0, 0.05) is 41.4 Å². The number of thioether (sulfide) groups is 1. The van der Waals surface area contributed by atoms with Crippen LogP contribution in [0.1, 0.15) is 21.7 Å². The van der Waals surface area contributed by atoms with E-state index in [4.69, 9.17) is 0 Å². The number of benzene rings is 1. The number of H-pyrrole nitrogens is 1. The number of halogens is 1. The van der Waals surface area contributed by atoms with E-state index in [9.17, 15) is 9.59 Å². The topological polar surface area (TPSA) is 98.9 Å². The quantitative estimate of drug-likeness (QED) is 0.650. The van der Waals surface area contributed by atoms with Crippen LogP contribution in [-0.4, -0.2) is 34.3 Å². The van der Waals surface area contributed by atoms with E-state index in [1.807, 2.05) is 12.1 Å². The number of carbonyl (C=O) groups is 2. The van der Waals surface area contributed by atoms with Crippen LogP contribution < -0.4 is 16.0 Å². The van der Waals surface area contributed by atoms with Crippen LogP contribution in [0.3, 0.4) is 0 Å². The summed E-state index contributed by atoms with van der Waals surface area (Å²) in [6.45, 7) is 1.53. The second kappa shape index (κ2) is 6.84. The molecule has 1 aromatic carbocycles. The zero-order valence-electron chi connectivity index (χ0n) is 12.6. The number of hydrogen-bond donors (Lipinski definition) is 4. The number of anilines is 2. The molecule has 0 spiro atoms. The maximum atomic E-state index is 12.5. The molecular weight excluding hydrogens is 350 g/mol. The highest BCUT2D eigenvalue weighted by atomic mass is 35.5. The van der Waals surface area contributed by atoms with Crippen molar-refractivity contribution in [2.24, 2.45) is 0 Å². The third kappa shape index (κ3) is 3.12. The first-order valence-electron chi connectivity index (χ1n) is 7.35. The number of hydrogen-bond acceptors (Lipinski definition) is 5. The minimum absolute atomic E-state index is 0. The van der Waals surface area contributed by atoms with Gasteiger partial charge in [-0.05, 0) is 18.2 Å². The van der Waals surface area contributed by atoms with Crippen molar-refractivity contribution in [2.45, 2.75) is 17.9 Å². The first-order chi connectivity index (χ1) is 11.2. The van der Waals surface area contributed by atoms with Gasteiger partial charge < -0.3 is 16.0 Å². The Kier molecular flexibility index (Phi) is 4.79. The second-order valence-corrected chi connectivity index (χ2v) is 6.48. The monoisotopic (exact) mass is 365 g/mol. The van der Waals surface area contributed by atoms with E-state index in [0.29, 0.717) is 23.7 Å². The van der Waals surface area contributed by atoms with E-state index in [1.54, 1.807) is 6.07 Å². The molecule has 0 bridgehead atoms. The first kappa shape index (κ1) is 16.8. The summed E-state index contributed by atoms with van der Waals surface area (Å²) in [5.74, 6) is 0.143. The van der Waals surface area contributed by atoms with Gasteiger partial charge in [0.05, 0.1) is 11.4 Å². The fourth-order valence-corrected chi connectivity index (χ4v) is 3.55. The van der Waals surface area contributed by atoms with Gasteiger partial charge in [-0.2, -0.15) is 5.10 Å². The van der Waals surface area contributed by atoms with Gasteiger partial charge in [0.15, 0.2) is 5.69 Å². The van der Waals surface area contributed by atoms with Gasteiger partial charge >= 0.3 is 0 Å². The third-order valence-electron chi connectivity index (χ3n) is 3.89. The highest BCUT2D eigenvalue weighted by Crippen LogP contribution is 2.33. The summed E-state index contributed by atoms with van der Waals surface area (Å²) >= 11 is 1.49. The van der Waals surface area contributed by atoms with Gasteiger partial charge in [0.2, 0.25) is 5.91 Å². The summed E-state index contributed by atoms with van der Waals surface area (Å²) in [4.78, 5) is 24.9. The SMILES string of the molecule is Cl.O=C1CSc2ccc(NC(=O)c3n[nH]c4c3CNCC4)cc2N1. The molecule has 24 heavy (non-hydrogen) atoms. The lowest BCUT2D eigenvalue weighted by atomic mass is 10.1. The van der Waals surface area contributed by atoms with Crippen molar-refractivity contribution in [3.8, 4) is 0 Å². The van der Waals surface area contributed by atoms with Crippen LogP contribution >= 0.6 is 24.2 Å². The van der Waals surface area contributed by atoms with E-state index in [-0.39, 0.29) is 24.2 Å². The molecule has 1 aromatic heterocycles. The van der Waals surface area contributed by atoms with Crippen molar-refractivity contribution in [3.63, 3.8) is 0 Å². The molecule has 2 amide bonds. The normalized spacial score (nSPS) is 15.6. The van der Waals surface area contributed by atoms with E-state index in [2.05, 4.69) is 26.1 Å². The molecular formula is C15H16ClN5O2S. The van der Waals surface area contributed by atoms with Gasteiger partial charge in [0.1, 0.15) is 0 Å². The number of aromatic amines is 1. The van der Waals surface area contributed by atoms with Crippen molar-refractivity contribution in [3.05, 3.63) is 35.2 Å². The molecule has 2 aliphatic heterocycles. The largest absolute Gasteiger partial charge is 0.324 e. The highest BCUT2D eigenvalue weighted by molar-refractivity contribution is 8.00. The molecule has 0 radical (unpaired) electrons. The summed E-state index contributed by atoms with van der Waals surface area (Å²) < 4.78 is 0. The number of amides is 2. The molecule has 0 saturated heterocycles. The molecule has 7 nitrogen and oxygen atoms in total. The molecule has 9 heteroatoms. The third-order valence-corrected chi connectivity index (χ3v) is 4.97. The molecule has 0 saturated carbocycles. The van der Waals surface area contributed by atoms with Crippen LogP contribution in [0.5, 0.6) is 0 Å². The van der Waals surface area contributed by atoms with Gasteiger partial charge in [-0.1, -0.05) is 0 Å². The summed E-state index contributed by atoms with van der Waals surface area (Å²) in [5.41, 5.74) is 3.73. The summed E-state index contributed by atoms with van der Waals surface area (Å²) in [7, 11) is 0. The molecule has 0 atom stereocenters. The summed E-state index contributed by atoms with van der Waals surface area (Å²) in [5, 5.41) is 16.0. The zero-order chi connectivity index (χ0) is 15.8. The lowest BCUT2D eigenvalue weighted by Crippen LogP contribution is -2.25. The van der Waals surface area contributed by atoms with Crippen LogP contribution in [0.4, 0.5) is 11.4 Å². The maximum Gasteiger partial charge on any atom is 0.276 e. The molecule has 4 rings (SSSR count). The van der Waals surface area contributed by atoms with Crippen LogP contribution in [0, 0.1) is 0 Å². The average Bonchev–Trinajstić information content (AvgIpc) is 2.98. The molecule has 2 aromatic rings. The number of nitrogens with zero attached hydrogens (tertiary/aromatic N) is 1. The predicted octanol–water partition coefficient (Wildman–Crippen LogP) is 1.77. The van der Waals surface area contributed by atoms with Crippen LogP contribution in [0.15, 0.2) is 23.1 Å². The fourth-order valence-electron chi connectivity index (χ4n) is 2.76. The van der Waals surface area contributed by atoms with E-state index < -0.39 is 0 Å². The Labute approximate surface area is 148 Å². The van der Waals surface area contributed by atoms with Crippen molar-refractivity contribution >= 4 is 47.4 Å². The number of rotatable bonds is 2. The molecule has 126 valence electrons. The Morgan fingerprint density at radius 2 is 2.21 bits per heavy atom. The van der Waals surface area contributed by atoms with Crippen molar-refractivity contribution < 1.29 is 9.59 Å². The van der Waals surface area contributed by atoms with Crippen molar-refractivity contribution in [1.82, 2.24) is 15.5 Å². The number of aromatic nitrogens is 2. The smallest absolute Gasteiger partial charge is 0.276 e. The van der Waals surface area contributed by atoms with E-state index in [1.165, 1.54) is 11.8 Å². The average molecular weight is 366 g/mol. The lowest BCUT2D eigenvalue weighted by molar-refractivity contribution is -0.113. The fraction of sp³-hybridized carbons (Fsp3) is 0.267. The van der Waals surface area contributed by atoms with Crippen LogP contribution in [-0.2, 0) is 17.8 Å².